The highest BCUT2D eigenvalue weighted by molar-refractivity contribution is 5.94. The smallest absolute Gasteiger partial charge is 0.335 e. The van der Waals surface area contributed by atoms with Crippen LogP contribution < -0.4 is 21.6 Å². The number of guanidine groups is 1. The molecule has 0 radical (unpaired) electrons. The highest BCUT2D eigenvalue weighted by atomic mass is 16.7. The van der Waals surface area contributed by atoms with Crippen molar-refractivity contribution in [1.82, 2.24) is 0 Å². The molecule has 1 saturated heterocycles. The fraction of sp³-hybridized carbons (Fsp3) is 0.324. The Morgan fingerprint density at radius 1 is 0.962 bits per heavy atom. The number of benzene rings is 3. The molecule has 8 atom stereocenters. The number of aliphatic imine (C=N–C) groups is 1. The molecule has 1 aromatic heterocycles. The number of nitrogens with two attached hydrogens (primary N) is 2. The Morgan fingerprint density at radius 3 is 2.45 bits per heavy atom. The summed E-state index contributed by atoms with van der Waals surface area (Å²) in [5.41, 5.74) is 10.4. The van der Waals surface area contributed by atoms with E-state index in [2.05, 4.69) is 4.99 Å². The summed E-state index contributed by atoms with van der Waals surface area (Å²) in [6.07, 6.45) is -5.30. The van der Waals surface area contributed by atoms with E-state index in [1.807, 2.05) is 30.3 Å². The predicted octanol–water partition coefficient (Wildman–Crippen LogP) is 1.29. The fourth-order valence-electron chi connectivity index (χ4n) is 7.71. The number of phenols is 3. The average Bonchev–Trinajstić information content (AvgIpc) is 3.12. The summed E-state index contributed by atoms with van der Waals surface area (Å²) in [4.78, 5) is 29.1. The molecule has 3 aromatic carbocycles. The standard InChI is InChI=1S/C37H37N3O13/c38-36(39)40-14-37(50)32(46)31(34(48)49)53-35(33(37)47)52-26-13-25-28(30(45)29(26)44)23(43)12-24(51-25)18-9-8-16(41)11-20(18)21-10-15-4-1-2-5-17(15)19-6-3-7-22(42)27(19)21/h1-2,4-5,8-13,19,22,27,31-33,35,41-42,44-47,50H,3,6-7,14H2,(H,48,49)(H4,38,39,40)/t19-,22+,27-,31+,32-,33+,35-,37+/m1/s1. The van der Waals surface area contributed by atoms with Crippen molar-refractivity contribution in [3.05, 3.63) is 81.5 Å². The van der Waals surface area contributed by atoms with E-state index in [0.29, 0.717) is 17.5 Å². The summed E-state index contributed by atoms with van der Waals surface area (Å²) >= 11 is 0. The minimum absolute atomic E-state index is 0.00953. The maximum absolute atomic E-state index is 13.6. The van der Waals surface area contributed by atoms with E-state index < -0.39 is 82.8 Å². The lowest BCUT2D eigenvalue weighted by molar-refractivity contribution is -0.303. The van der Waals surface area contributed by atoms with Gasteiger partial charge in [0.05, 0.1) is 12.6 Å². The first-order chi connectivity index (χ1) is 25.2. The Morgan fingerprint density at radius 2 is 1.72 bits per heavy atom. The normalized spacial score (nSPS) is 28.0. The van der Waals surface area contributed by atoms with Crippen molar-refractivity contribution in [1.29, 1.82) is 0 Å². The molecule has 53 heavy (non-hydrogen) atoms. The van der Waals surface area contributed by atoms with Crippen molar-refractivity contribution in [2.45, 2.75) is 61.5 Å². The maximum Gasteiger partial charge on any atom is 0.335 e. The Bertz CT molecular complexity index is 2230. The van der Waals surface area contributed by atoms with Crippen molar-refractivity contribution >= 4 is 34.5 Å². The average molecular weight is 732 g/mol. The molecule has 3 aliphatic rings. The van der Waals surface area contributed by atoms with Crippen LogP contribution in [0.1, 0.15) is 41.9 Å². The number of rotatable bonds is 7. The number of nitrogens with zero attached hydrogens (tertiary/aromatic N) is 1. The number of carboxylic acid groups (broad SMARTS) is 1. The zero-order valence-electron chi connectivity index (χ0n) is 27.9. The van der Waals surface area contributed by atoms with Gasteiger partial charge in [-0.1, -0.05) is 36.8 Å². The summed E-state index contributed by atoms with van der Waals surface area (Å²) < 4.78 is 17.0. The summed E-state index contributed by atoms with van der Waals surface area (Å²) in [6.45, 7) is -0.881. The highest BCUT2D eigenvalue weighted by Crippen LogP contribution is 2.52. The number of ether oxygens (including phenoxy) is 2. The lowest BCUT2D eigenvalue weighted by Gasteiger charge is -2.45. The number of aliphatic carboxylic acids is 1. The fourth-order valence-corrected chi connectivity index (χ4v) is 7.71. The number of carbonyl (C=O) groups is 1. The Balaban J connectivity index is 1.33. The molecule has 0 unspecified atom stereocenters. The van der Waals surface area contributed by atoms with Crippen LogP contribution in [-0.4, -0.2) is 95.6 Å². The van der Waals surface area contributed by atoms with E-state index in [9.17, 15) is 50.4 Å². The topological polar surface area (TPSA) is 292 Å². The molecule has 16 heteroatoms. The van der Waals surface area contributed by atoms with E-state index in [4.69, 9.17) is 25.4 Å². The molecular weight excluding hydrogens is 694 g/mol. The lowest BCUT2D eigenvalue weighted by atomic mass is 9.64. The van der Waals surface area contributed by atoms with E-state index in [-0.39, 0.29) is 28.9 Å². The minimum atomic E-state index is -2.74. The molecule has 7 rings (SSSR count). The van der Waals surface area contributed by atoms with Crippen LogP contribution in [0.5, 0.6) is 23.0 Å². The van der Waals surface area contributed by atoms with Gasteiger partial charge in [0.25, 0.3) is 0 Å². The second kappa shape index (κ2) is 13.4. The van der Waals surface area contributed by atoms with Gasteiger partial charge in [0.2, 0.25) is 12.0 Å². The molecule has 4 aromatic rings. The Kier molecular flexibility index (Phi) is 9.03. The molecule has 1 saturated carbocycles. The highest BCUT2D eigenvalue weighted by Gasteiger charge is 2.58. The number of aliphatic hydroxyl groups excluding tert-OH is 3. The number of hydrogen-bond acceptors (Lipinski definition) is 13. The summed E-state index contributed by atoms with van der Waals surface area (Å²) in [7, 11) is 0. The monoisotopic (exact) mass is 731 g/mol. The van der Waals surface area contributed by atoms with Gasteiger partial charge in [-0.3, -0.25) is 9.79 Å². The number of carboxylic acids is 1. The van der Waals surface area contributed by atoms with Gasteiger partial charge in [-0.05, 0) is 59.2 Å². The number of hydrogen-bond donors (Lipinski definition) is 10. The number of aromatic hydroxyl groups is 3. The largest absolute Gasteiger partial charge is 0.508 e. The van der Waals surface area contributed by atoms with E-state index >= 15 is 0 Å². The van der Waals surface area contributed by atoms with Gasteiger partial charge in [0.1, 0.15) is 40.3 Å². The first-order valence-electron chi connectivity index (χ1n) is 16.7. The first kappa shape index (κ1) is 35.7. The zero-order chi connectivity index (χ0) is 37.9. The maximum atomic E-state index is 13.6. The molecule has 12 N–H and O–H groups in total. The van der Waals surface area contributed by atoms with Gasteiger partial charge in [-0.15, -0.1) is 0 Å². The number of fused-ring (bicyclic) bond motifs is 4. The van der Waals surface area contributed by atoms with E-state index in [1.54, 1.807) is 6.07 Å². The van der Waals surface area contributed by atoms with Crippen molar-refractivity contribution < 1.29 is 59.5 Å². The molecule has 16 nitrogen and oxygen atoms in total. The SMILES string of the molecule is NC(N)=NC[C@]1(O)[C@H](O)[C@@H](C(=O)O)O[C@@H](Oc2cc3oc(-c4ccc(O)cc4C4=Cc5ccccc5[C@H]5CCC[C@H](O)[C@@H]45)cc(=O)c3c(O)c2O)[C@@H]1O. The van der Waals surface area contributed by atoms with Crippen LogP contribution in [0.25, 0.3) is 33.9 Å². The van der Waals surface area contributed by atoms with Gasteiger partial charge >= 0.3 is 5.97 Å². The minimum Gasteiger partial charge on any atom is -0.508 e. The third-order valence-corrected chi connectivity index (χ3v) is 10.3. The molecule has 0 spiro atoms. The third-order valence-electron chi connectivity index (χ3n) is 10.3. The van der Waals surface area contributed by atoms with Gasteiger partial charge < -0.3 is 66.2 Å². The molecule has 278 valence electrons. The van der Waals surface area contributed by atoms with Crippen LogP contribution in [0.4, 0.5) is 0 Å². The van der Waals surface area contributed by atoms with Crippen molar-refractivity contribution in [2.24, 2.45) is 22.4 Å². The van der Waals surface area contributed by atoms with E-state index in [1.165, 1.54) is 12.1 Å². The number of aliphatic hydroxyl groups is 4. The lowest BCUT2D eigenvalue weighted by Crippen LogP contribution is -2.70. The number of phenolic OH excluding ortho intramolecular Hbond substituents is 3. The summed E-state index contributed by atoms with van der Waals surface area (Å²) in [6, 6.07) is 14.4. The van der Waals surface area contributed by atoms with Crippen LogP contribution in [0.3, 0.4) is 0 Å². The molecule has 0 amide bonds. The second-order valence-electron chi connectivity index (χ2n) is 13.5. The van der Waals surface area contributed by atoms with Crippen molar-refractivity contribution in [3.63, 3.8) is 0 Å². The van der Waals surface area contributed by atoms with E-state index in [0.717, 1.165) is 41.7 Å². The molecule has 1 aliphatic heterocycles. The second-order valence-corrected chi connectivity index (χ2v) is 13.5. The van der Waals surface area contributed by atoms with Gasteiger partial charge in [-0.25, -0.2) is 4.79 Å². The molecular formula is C37H37N3O13. The van der Waals surface area contributed by atoms with Gasteiger partial charge in [0, 0.05) is 23.6 Å². The first-order valence-corrected chi connectivity index (χ1v) is 16.7. The van der Waals surface area contributed by atoms with Crippen LogP contribution in [0, 0.1) is 5.92 Å². The Hall–Kier alpha value is -5.65. The van der Waals surface area contributed by atoms with Crippen molar-refractivity contribution in [3.8, 4) is 34.3 Å². The Labute approximate surface area is 300 Å². The van der Waals surface area contributed by atoms with Crippen LogP contribution in [0.2, 0.25) is 0 Å². The summed E-state index contributed by atoms with van der Waals surface area (Å²) in [5, 5.41) is 85.8. The third kappa shape index (κ3) is 6.09. The van der Waals surface area contributed by atoms with Gasteiger partial charge in [-0.2, -0.15) is 0 Å². The van der Waals surface area contributed by atoms with Crippen LogP contribution in [0.15, 0.2) is 68.8 Å². The predicted molar refractivity (Wildman–Crippen MR) is 188 cm³/mol. The molecule has 2 aliphatic carbocycles. The molecule has 2 heterocycles. The van der Waals surface area contributed by atoms with Crippen LogP contribution in [-0.2, 0) is 9.53 Å². The van der Waals surface area contributed by atoms with Gasteiger partial charge in [0.15, 0.2) is 29.0 Å². The molecule has 2 fully saturated rings. The quantitative estimate of drug-likeness (QED) is 0.0728. The molecule has 0 bridgehead atoms. The van der Waals surface area contributed by atoms with Crippen LogP contribution >= 0.6 is 0 Å². The van der Waals surface area contributed by atoms with Crippen molar-refractivity contribution in [2.75, 3.05) is 6.54 Å². The zero-order valence-corrected chi connectivity index (χ0v) is 27.9. The summed E-state index contributed by atoms with van der Waals surface area (Å²) in [5.74, 6) is -5.43.